The summed E-state index contributed by atoms with van der Waals surface area (Å²) in [5.74, 6) is 0.818. The molecule has 0 unspecified atom stereocenters. The number of carbonyl (C=O) groups is 1. The molecule has 0 saturated carbocycles. The van der Waals surface area contributed by atoms with Gasteiger partial charge in [-0.15, -0.1) is 0 Å². The summed E-state index contributed by atoms with van der Waals surface area (Å²) < 4.78 is 34.0. The highest BCUT2D eigenvalue weighted by atomic mass is 32.2. The molecule has 0 amide bonds. The summed E-state index contributed by atoms with van der Waals surface area (Å²) in [7, 11) is -2.96. The van der Waals surface area contributed by atoms with Crippen molar-refractivity contribution in [3.05, 3.63) is 58.4 Å². The van der Waals surface area contributed by atoms with E-state index in [1.165, 1.54) is 17.4 Å². The predicted octanol–water partition coefficient (Wildman–Crippen LogP) is 3.31. The maximum atomic E-state index is 13.0. The lowest BCUT2D eigenvalue weighted by atomic mass is 9.78. The van der Waals surface area contributed by atoms with E-state index in [1.54, 1.807) is 0 Å². The Morgan fingerprint density at radius 1 is 1.17 bits per heavy atom. The zero-order valence-electron chi connectivity index (χ0n) is 20.5. The molecule has 8 heteroatoms. The van der Waals surface area contributed by atoms with Crippen LogP contribution in [0.3, 0.4) is 0 Å². The summed E-state index contributed by atoms with van der Waals surface area (Å²) in [5.41, 5.74) is 4.49. The fourth-order valence-corrected chi connectivity index (χ4v) is 5.43. The molecule has 1 aromatic carbocycles. The van der Waals surface area contributed by atoms with E-state index in [4.69, 9.17) is 14.9 Å². The molecule has 2 atom stereocenters. The van der Waals surface area contributed by atoms with Crippen LogP contribution in [0.15, 0.2) is 41.7 Å². The van der Waals surface area contributed by atoms with Gasteiger partial charge in [0.1, 0.15) is 16.4 Å². The SMILES string of the molecule is CS(=O)(=O)CCNCc1ccc2c(c1)CC[C@H](C(=N)C(=O)C1=CC=C(OC[C@@H]3CCCO3)CC1)C2. The highest BCUT2D eigenvalue weighted by Crippen LogP contribution is 2.29. The van der Waals surface area contributed by atoms with Gasteiger partial charge in [0, 0.05) is 43.9 Å². The van der Waals surface area contributed by atoms with Gasteiger partial charge in [0.2, 0.25) is 5.78 Å². The van der Waals surface area contributed by atoms with Crippen molar-refractivity contribution in [1.82, 2.24) is 5.32 Å². The number of Topliss-reactive ketones (excluding diaryl/α,β-unsaturated/α-hetero) is 1. The Hall–Kier alpha value is -2.29. The first-order chi connectivity index (χ1) is 16.8. The van der Waals surface area contributed by atoms with Crippen LogP contribution >= 0.6 is 0 Å². The van der Waals surface area contributed by atoms with Crippen molar-refractivity contribution in [1.29, 1.82) is 5.41 Å². The molecule has 35 heavy (non-hydrogen) atoms. The quantitative estimate of drug-likeness (QED) is 0.357. The Bertz CT molecular complexity index is 1120. The van der Waals surface area contributed by atoms with Crippen molar-refractivity contribution in [3.8, 4) is 0 Å². The van der Waals surface area contributed by atoms with E-state index in [1.807, 2.05) is 18.2 Å². The van der Waals surface area contributed by atoms with Gasteiger partial charge >= 0.3 is 0 Å². The fourth-order valence-electron chi connectivity index (χ4n) is 4.92. The summed E-state index contributed by atoms with van der Waals surface area (Å²) in [6.45, 7) is 2.44. The molecule has 0 aromatic heterocycles. The number of nitrogens with one attached hydrogen (secondary N) is 2. The van der Waals surface area contributed by atoms with E-state index in [9.17, 15) is 13.2 Å². The number of ether oxygens (including phenoxy) is 2. The molecule has 4 rings (SSSR count). The molecule has 0 spiro atoms. The second-order valence-electron chi connectivity index (χ2n) is 9.86. The molecule has 1 aromatic rings. The van der Waals surface area contributed by atoms with Crippen LogP contribution in [-0.4, -0.2) is 57.8 Å². The average Bonchev–Trinajstić information content (AvgIpc) is 3.38. The third kappa shape index (κ3) is 7.35. The van der Waals surface area contributed by atoms with Gasteiger partial charge in [0.05, 0.1) is 23.3 Å². The summed E-state index contributed by atoms with van der Waals surface area (Å²) in [6.07, 6.45) is 10.9. The average molecular weight is 501 g/mol. The normalized spacial score (nSPS) is 22.2. The number of hydrogen-bond acceptors (Lipinski definition) is 7. The second-order valence-corrected chi connectivity index (χ2v) is 12.1. The Labute approximate surface area is 208 Å². The molecule has 1 saturated heterocycles. The Balaban J connectivity index is 1.28. The van der Waals surface area contributed by atoms with Crippen molar-refractivity contribution >= 4 is 21.3 Å². The standard InChI is InChI=1S/C27H36N2O5S/c1-35(31,32)14-12-29-17-19-4-5-22-16-23(7-6-21(22)15-19)26(28)27(30)20-8-10-24(11-9-20)34-18-25-3-2-13-33-25/h4-5,8,10,15,23,25,28-29H,2-3,6-7,9,11-14,16-18H2,1H3/t23-,25-/m0/s1. The van der Waals surface area contributed by atoms with Crippen molar-refractivity contribution in [3.63, 3.8) is 0 Å². The number of hydrogen-bond donors (Lipinski definition) is 2. The summed E-state index contributed by atoms with van der Waals surface area (Å²) in [5, 5.41) is 11.8. The van der Waals surface area contributed by atoms with Crippen LogP contribution in [0.1, 0.15) is 48.8 Å². The number of rotatable bonds is 11. The minimum Gasteiger partial charge on any atom is -0.495 e. The van der Waals surface area contributed by atoms with Crippen molar-refractivity contribution in [2.45, 2.75) is 57.6 Å². The van der Waals surface area contributed by atoms with Crippen LogP contribution in [0.2, 0.25) is 0 Å². The molecule has 1 aliphatic heterocycles. The maximum Gasteiger partial charge on any atom is 0.202 e. The van der Waals surface area contributed by atoms with Gasteiger partial charge < -0.3 is 20.2 Å². The number of aryl methyl sites for hydroxylation is 1. The number of carbonyl (C=O) groups excluding carboxylic acids is 1. The van der Waals surface area contributed by atoms with E-state index >= 15 is 0 Å². The van der Waals surface area contributed by atoms with Crippen LogP contribution in [0.4, 0.5) is 0 Å². The van der Waals surface area contributed by atoms with Gasteiger partial charge in [-0.2, -0.15) is 0 Å². The van der Waals surface area contributed by atoms with Gasteiger partial charge in [-0.1, -0.05) is 24.3 Å². The first-order valence-electron chi connectivity index (χ1n) is 12.5. The molecular formula is C27H36N2O5S. The van der Waals surface area contributed by atoms with Gasteiger partial charge in [-0.05, 0) is 61.3 Å². The van der Waals surface area contributed by atoms with E-state index < -0.39 is 9.84 Å². The lowest BCUT2D eigenvalue weighted by Crippen LogP contribution is -2.30. The van der Waals surface area contributed by atoms with Gasteiger partial charge in [0.25, 0.3) is 0 Å². The summed E-state index contributed by atoms with van der Waals surface area (Å²) in [4.78, 5) is 13.0. The van der Waals surface area contributed by atoms with Crippen LogP contribution in [-0.2, 0) is 43.5 Å². The minimum atomic E-state index is -2.96. The van der Waals surface area contributed by atoms with Crippen molar-refractivity contribution in [2.75, 3.05) is 31.8 Å². The molecule has 1 fully saturated rings. The maximum absolute atomic E-state index is 13.0. The van der Waals surface area contributed by atoms with E-state index in [-0.39, 0.29) is 29.3 Å². The van der Waals surface area contributed by atoms with Crippen LogP contribution in [0.5, 0.6) is 0 Å². The Morgan fingerprint density at radius 3 is 2.74 bits per heavy atom. The molecule has 2 N–H and O–H groups in total. The third-order valence-corrected chi connectivity index (χ3v) is 7.96. The van der Waals surface area contributed by atoms with E-state index in [0.717, 1.165) is 43.6 Å². The smallest absolute Gasteiger partial charge is 0.202 e. The van der Waals surface area contributed by atoms with Crippen LogP contribution < -0.4 is 5.32 Å². The number of fused-ring (bicyclic) bond motifs is 1. The molecular weight excluding hydrogens is 464 g/mol. The number of benzene rings is 1. The Morgan fingerprint density at radius 2 is 2.03 bits per heavy atom. The molecule has 3 aliphatic rings. The van der Waals surface area contributed by atoms with Crippen molar-refractivity contribution in [2.24, 2.45) is 5.92 Å². The lowest BCUT2D eigenvalue weighted by molar-refractivity contribution is -0.110. The van der Waals surface area contributed by atoms with E-state index in [2.05, 4.69) is 17.4 Å². The fraction of sp³-hybridized carbons (Fsp3) is 0.556. The number of ketones is 1. The third-order valence-electron chi connectivity index (χ3n) is 7.01. The molecule has 190 valence electrons. The molecule has 1 heterocycles. The first-order valence-corrected chi connectivity index (χ1v) is 14.6. The summed E-state index contributed by atoms with van der Waals surface area (Å²) >= 11 is 0. The number of allylic oxidation sites excluding steroid dienone is 4. The lowest BCUT2D eigenvalue weighted by Gasteiger charge is -2.26. The van der Waals surface area contributed by atoms with Crippen LogP contribution in [0.25, 0.3) is 0 Å². The topological polar surface area (TPSA) is 106 Å². The zero-order valence-corrected chi connectivity index (χ0v) is 21.3. The van der Waals surface area contributed by atoms with Gasteiger partial charge in [0.15, 0.2) is 0 Å². The van der Waals surface area contributed by atoms with E-state index in [0.29, 0.717) is 44.5 Å². The monoisotopic (exact) mass is 500 g/mol. The predicted molar refractivity (Wildman–Crippen MR) is 136 cm³/mol. The largest absolute Gasteiger partial charge is 0.495 e. The molecule has 0 bridgehead atoms. The second kappa shape index (κ2) is 11.6. The summed E-state index contributed by atoms with van der Waals surface area (Å²) in [6, 6.07) is 6.30. The molecule has 0 radical (unpaired) electrons. The zero-order chi connectivity index (χ0) is 24.8. The van der Waals surface area contributed by atoms with Crippen LogP contribution in [0, 0.1) is 11.3 Å². The molecule has 2 aliphatic carbocycles. The van der Waals surface area contributed by atoms with Crippen molar-refractivity contribution < 1.29 is 22.7 Å². The first kappa shape index (κ1) is 25.8. The van der Waals surface area contributed by atoms with Gasteiger partial charge in [-0.3, -0.25) is 4.79 Å². The highest BCUT2D eigenvalue weighted by molar-refractivity contribution is 7.90. The molecule has 7 nitrogen and oxygen atoms in total. The number of sulfone groups is 1. The minimum absolute atomic E-state index is 0.0595. The highest BCUT2D eigenvalue weighted by Gasteiger charge is 2.28. The Kier molecular flexibility index (Phi) is 8.57. The van der Waals surface area contributed by atoms with Gasteiger partial charge in [-0.25, -0.2) is 8.42 Å².